The van der Waals surface area contributed by atoms with Gasteiger partial charge in [0, 0.05) is 23.0 Å². The van der Waals surface area contributed by atoms with Crippen molar-refractivity contribution in [3.05, 3.63) is 90.3 Å². The lowest BCUT2D eigenvalue weighted by atomic mass is 9.99. The number of aromatic nitrogens is 3. The smallest absolute Gasteiger partial charge is 0.406 e. The van der Waals surface area contributed by atoms with Crippen molar-refractivity contribution < 1.29 is 27.1 Å². The van der Waals surface area contributed by atoms with Crippen molar-refractivity contribution in [1.82, 2.24) is 20.1 Å². The number of rotatable bonds is 8. The van der Waals surface area contributed by atoms with Gasteiger partial charge in [-0.25, -0.2) is 18.9 Å². The number of benzene rings is 3. The molecule has 1 fully saturated rings. The van der Waals surface area contributed by atoms with Crippen LogP contribution in [-0.2, 0) is 0 Å². The molecule has 3 atom stereocenters. The van der Waals surface area contributed by atoms with E-state index in [1.807, 2.05) is 18.2 Å². The fourth-order valence-electron chi connectivity index (χ4n) is 5.14. The lowest BCUT2D eigenvalue weighted by Gasteiger charge is -2.37. The third kappa shape index (κ3) is 7.87. The highest BCUT2D eigenvalue weighted by molar-refractivity contribution is 8.14. The molecule has 13 heteroatoms. The molecular formula is C33H34F4N6O2S. The van der Waals surface area contributed by atoms with Gasteiger partial charge in [-0.15, -0.1) is 18.3 Å². The van der Waals surface area contributed by atoms with Gasteiger partial charge in [-0.2, -0.15) is 4.99 Å². The van der Waals surface area contributed by atoms with Crippen LogP contribution in [-0.4, -0.2) is 50.2 Å². The molecule has 4 aromatic rings. The van der Waals surface area contributed by atoms with E-state index >= 15 is 4.39 Å². The van der Waals surface area contributed by atoms with E-state index in [0.717, 1.165) is 17.9 Å². The average molecular weight is 655 g/mol. The van der Waals surface area contributed by atoms with Crippen molar-refractivity contribution in [3.63, 3.8) is 0 Å². The number of carbonyl (C=O) groups excluding carboxylic acids is 1. The third-order valence-electron chi connectivity index (χ3n) is 7.53. The molecule has 3 unspecified atom stereocenters. The molecule has 1 aliphatic heterocycles. The van der Waals surface area contributed by atoms with Crippen LogP contribution in [0.4, 0.5) is 28.0 Å². The number of anilines is 1. The topological polar surface area (TPSA) is 84.6 Å². The third-order valence-corrected chi connectivity index (χ3v) is 8.52. The Morgan fingerprint density at radius 2 is 1.74 bits per heavy atom. The number of halogens is 4. The van der Waals surface area contributed by atoms with Crippen molar-refractivity contribution in [3.8, 4) is 22.8 Å². The van der Waals surface area contributed by atoms with E-state index in [1.165, 1.54) is 52.6 Å². The minimum absolute atomic E-state index is 0.150. The highest BCUT2D eigenvalue weighted by Gasteiger charge is 2.31. The molecule has 0 radical (unpaired) electrons. The largest absolute Gasteiger partial charge is 0.573 e. The number of aliphatic imine (C=N–C) groups is 1. The van der Waals surface area contributed by atoms with E-state index in [9.17, 15) is 18.0 Å². The summed E-state index contributed by atoms with van der Waals surface area (Å²) in [5.74, 6) is 1.12. The van der Waals surface area contributed by atoms with Crippen LogP contribution in [0.2, 0.25) is 0 Å². The Bertz CT molecular complexity index is 1670. The summed E-state index contributed by atoms with van der Waals surface area (Å²) in [6.07, 6.45) is -3.91. The van der Waals surface area contributed by atoms with Gasteiger partial charge in [0.15, 0.2) is 11.0 Å². The minimum atomic E-state index is -4.78. The first-order valence-corrected chi connectivity index (χ1v) is 15.8. The lowest BCUT2D eigenvalue weighted by Crippen LogP contribution is -2.43. The number of nitrogens with zero attached hydrogens (tertiary/aromatic N) is 5. The molecule has 2 amide bonds. The molecule has 8 nitrogen and oxygen atoms in total. The first-order chi connectivity index (χ1) is 21.9. The Morgan fingerprint density at radius 1 is 1.04 bits per heavy atom. The Kier molecular flexibility index (Phi) is 10.00. The van der Waals surface area contributed by atoms with E-state index < -0.39 is 24.6 Å². The molecule has 2 heterocycles. The number of hydrogen-bond acceptors (Lipinski definition) is 5. The minimum Gasteiger partial charge on any atom is -0.406 e. The number of nitrogens with one attached hydrogen (secondary N) is 1. The van der Waals surface area contributed by atoms with E-state index in [1.54, 1.807) is 31.2 Å². The SMILES string of the molecule is CC(C)c1ccccc1N1C(=NC(=O)NC(C)C(F)c2ccc(-c3ncn(-c4ccc(OC(F)(F)F)cc4)n3)cc2)SCCC1C. The van der Waals surface area contributed by atoms with Crippen LogP contribution in [0.15, 0.2) is 84.1 Å². The Hall–Kier alpha value is -4.39. The molecular weight excluding hydrogens is 620 g/mol. The fourth-order valence-corrected chi connectivity index (χ4v) is 6.35. The number of ether oxygens (including phenoxy) is 1. The monoisotopic (exact) mass is 654 g/mol. The van der Waals surface area contributed by atoms with Crippen LogP contribution in [0.5, 0.6) is 5.75 Å². The van der Waals surface area contributed by atoms with Crippen LogP contribution in [0, 0.1) is 0 Å². The second-order valence-corrected chi connectivity index (χ2v) is 12.3. The van der Waals surface area contributed by atoms with Crippen LogP contribution >= 0.6 is 11.8 Å². The molecule has 242 valence electrons. The summed E-state index contributed by atoms with van der Waals surface area (Å²) >= 11 is 1.51. The zero-order valence-electron chi connectivity index (χ0n) is 25.7. The van der Waals surface area contributed by atoms with Crippen molar-refractivity contribution in [2.75, 3.05) is 10.7 Å². The maximum Gasteiger partial charge on any atom is 0.573 e. The predicted molar refractivity (Wildman–Crippen MR) is 172 cm³/mol. The summed E-state index contributed by atoms with van der Waals surface area (Å²) in [5, 5.41) is 7.66. The van der Waals surface area contributed by atoms with E-state index in [2.05, 4.69) is 56.9 Å². The highest BCUT2D eigenvalue weighted by Crippen LogP contribution is 2.35. The zero-order chi connectivity index (χ0) is 33.0. The van der Waals surface area contributed by atoms with Crippen LogP contribution in [0.3, 0.4) is 0 Å². The van der Waals surface area contributed by atoms with Gasteiger partial charge in [-0.1, -0.05) is 68.1 Å². The second kappa shape index (κ2) is 13.9. The number of amides is 2. The predicted octanol–water partition coefficient (Wildman–Crippen LogP) is 8.45. The molecule has 0 spiro atoms. The van der Waals surface area contributed by atoms with E-state index in [-0.39, 0.29) is 17.7 Å². The molecule has 1 saturated heterocycles. The van der Waals surface area contributed by atoms with E-state index in [4.69, 9.17) is 0 Å². The summed E-state index contributed by atoms with van der Waals surface area (Å²) < 4.78 is 58.1. The van der Waals surface area contributed by atoms with Gasteiger partial charge in [0.2, 0.25) is 0 Å². The summed E-state index contributed by atoms with van der Waals surface area (Å²) in [7, 11) is 0. The molecule has 46 heavy (non-hydrogen) atoms. The molecule has 0 bridgehead atoms. The number of alkyl halides is 4. The Labute approximate surface area is 268 Å². The molecule has 0 saturated carbocycles. The summed E-state index contributed by atoms with van der Waals surface area (Å²) in [6, 6.07) is 18.5. The van der Waals surface area contributed by atoms with Crippen molar-refractivity contribution >= 4 is 28.6 Å². The first-order valence-electron chi connectivity index (χ1n) is 14.8. The number of urea groups is 1. The Morgan fingerprint density at radius 3 is 2.41 bits per heavy atom. The number of hydrogen-bond donors (Lipinski definition) is 1. The van der Waals surface area contributed by atoms with E-state index in [0.29, 0.717) is 27.8 Å². The van der Waals surface area contributed by atoms with Crippen molar-refractivity contribution in [1.29, 1.82) is 0 Å². The van der Waals surface area contributed by atoms with Gasteiger partial charge in [0.05, 0.1) is 11.7 Å². The van der Waals surface area contributed by atoms with Crippen LogP contribution in [0.25, 0.3) is 17.1 Å². The Balaban J connectivity index is 1.24. The molecule has 3 aromatic carbocycles. The molecule has 1 aliphatic rings. The number of para-hydroxylation sites is 1. The molecule has 0 aliphatic carbocycles. The van der Waals surface area contributed by atoms with Gasteiger partial charge < -0.3 is 15.0 Å². The maximum atomic E-state index is 15.5. The number of thioether (sulfide) groups is 1. The summed E-state index contributed by atoms with van der Waals surface area (Å²) in [6.45, 7) is 7.97. The van der Waals surface area contributed by atoms with Crippen LogP contribution in [0.1, 0.15) is 57.3 Å². The summed E-state index contributed by atoms with van der Waals surface area (Å²) in [4.78, 5) is 23.8. The second-order valence-electron chi connectivity index (χ2n) is 11.3. The average Bonchev–Trinajstić information content (AvgIpc) is 3.51. The molecule has 1 aromatic heterocycles. The highest BCUT2D eigenvalue weighted by atomic mass is 32.2. The molecule has 1 N–H and O–H groups in total. The van der Waals surface area contributed by atoms with Gasteiger partial charge in [-0.05, 0) is 67.6 Å². The van der Waals surface area contributed by atoms with Gasteiger partial charge >= 0.3 is 12.4 Å². The molecule has 5 rings (SSSR count). The van der Waals surface area contributed by atoms with Gasteiger partial charge in [-0.3, -0.25) is 0 Å². The standard InChI is InChI=1S/C33H34F4N6O2S/c1-20(2)27-7-5-6-8-28(27)43-21(3)17-18-46-32(43)40-31(44)39-22(4)29(34)23-9-11-24(12-10-23)30-38-19-42(41-30)25-13-15-26(16-14-25)45-33(35,36)37/h5-16,19-22,29H,17-18H2,1-4H3,(H,39,44). The number of amidine groups is 1. The quantitative estimate of drug-likeness (QED) is 0.192. The normalized spacial score (nSPS) is 17.6. The lowest BCUT2D eigenvalue weighted by molar-refractivity contribution is -0.274. The first kappa shape index (κ1) is 33.0. The fraction of sp³-hybridized carbons (Fsp3) is 0.333. The van der Waals surface area contributed by atoms with Crippen molar-refractivity contribution in [2.24, 2.45) is 4.99 Å². The maximum absolute atomic E-state index is 15.5. The van der Waals surface area contributed by atoms with Crippen molar-refractivity contribution in [2.45, 2.75) is 64.7 Å². The zero-order valence-corrected chi connectivity index (χ0v) is 26.5. The van der Waals surface area contributed by atoms with Crippen LogP contribution < -0.4 is 15.0 Å². The van der Waals surface area contributed by atoms with Gasteiger partial charge in [0.25, 0.3) is 0 Å². The van der Waals surface area contributed by atoms with Gasteiger partial charge in [0.1, 0.15) is 18.2 Å². The number of carbonyl (C=O) groups is 1. The summed E-state index contributed by atoms with van der Waals surface area (Å²) in [5.41, 5.74) is 3.64.